The minimum atomic E-state index is -0.0887. The highest BCUT2D eigenvalue weighted by Crippen LogP contribution is 2.26. The van der Waals surface area contributed by atoms with Crippen molar-refractivity contribution >= 4 is 33.3 Å². The zero-order valence-electron chi connectivity index (χ0n) is 16.1. The fourth-order valence-corrected chi connectivity index (χ4v) is 4.34. The molecule has 1 aliphatic rings. The smallest absolute Gasteiger partial charge is 0.230 e. The number of nitrogens with zero attached hydrogens (tertiary/aromatic N) is 2. The van der Waals surface area contributed by atoms with E-state index < -0.39 is 0 Å². The molecule has 1 amide bonds. The van der Waals surface area contributed by atoms with Crippen LogP contribution in [0.15, 0.2) is 34.3 Å². The van der Waals surface area contributed by atoms with Gasteiger partial charge in [-0.2, -0.15) is 0 Å². The van der Waals surface area contributed by atoms with Gasteiger partial charge < -0.3 is 14.5 Å². The number of aromatic nitrogens is 1. The fourth-order valence-electron chi connectivity index (χ4n) is 3.62. The summed E-state index contributed by atoms with van der Waals surface area (Å²) in [6.07, 6.45) is 7.06. The molecule has 0 aliphatic carbocycles. The fraction of sp³-hybridized carbons (Fsp3) is 0.429. The van der Waals surface area contributed by atoms with Crippen LogP contribution < -0.4 is 10.1 Å². The Morgan fingerprint density at radius 1 is 1.29 bits per heavy atom. The van der Waals surface area contributed by atoms with Crippen LogP contribution in [0, 0.1) is 0 Å². The van der Waals surface area contributed by atoms with Gasteiger partial charge in [-0.3, -0.25) is 9.69 Å². The number of furan rings is 1. The Morgan fingerprint density at radius 3 is 2.89 bits per heavy atom. The van der Waals surface area contributed by atoms with E-state index in [1.54, 1.807) is 13.4 Å². The number of carbonyl (C=O) groups is 1. The number of thiazole rings is 1. The third kappa shape index (κ3) is 4.54. The Kier molecular flexibility index (Phi) is 5.92. The Hall–Kier alpha value is -2.38. The van der Waals surface area contributed by atoms with Gasteiger partial charge in [0.05, 0.1) is 25.5 Å². The second-order valence-electron chi connectivity index (χ2n) is 7.18. The average molecular weight is 400 g/mol. The van der Waals surface area contributed by atoms with Gasteiger partial charge in [-0.15, -0.1) is 11.3 Å². The van der Waals surface area contributed by atoms with Gasteiger partial charge in [0.15, 0.2) is 5.13 Å². The molecule has 1 aliphatic heterocycles. The van der Waals surface area contributed by atoms with E-state index in [0.717, 1.165) is 47.6 Å². The lowest BCUT2D eigenvalue weighted by Crippen LogP contribution is -2.24. The zero-order valence-corrected chi connectivity index (χ0v) is 16.9. The van der Waals surface area contributed by atoms with Gasteiger partial charge >= 0.3 is 0 Å². The number of carbonyl (C=O) groups excluding carboxylic acids is 1. The highest BCUT2D eigenvalue weighted by molar-refractivity contribution is 7.13. The number of methoxy groups -OCH3 is 1. The van der Waals surface area contributed by atoms with Crippen molar-refractivity contribution in [3.05, 3.63) is 41.1 Å². The monoisotopic (exact) mass is 399 g/mol. The van der Waals surface area contributed by atoms with E-state index in [2.05, 4.69) is 15.2 Å². The molecule has 0 spiro atoms. The molecule has 28 heavy (non-hydrogen) atoms. The third-order valence-electron chi connectivity index (χ3n) is 5.10. The second-order valence-corrected chi connectivity index (χ2v) is 8.04. The van der Waals surface area contributed by atoms with E-state index >= 15 is 0 Å². The highest BCUT2D eigenvalue weighted by atomic mass is 32.1. The van der Waals surface area contributed by atoms with Crippen LogP contribution in [-0.2, 0) is 17.8 Å². The molecule has 0 unspecified atom stereocenters. The van der Waals surface area contributed by atoms with E-state index in [0.29, 0.717) is 5.13 Å². The molecule has 3 heterocycles. The van der Waals surface area contributed by atoms with Crippen molar-refractivity contribution in [2.45, 2.75) is 38.6 Å². The molecule has 0 saturated carbocycles. The van der Waals surface area contributed by atoms with Crippen LogP contribution in [0.2, 0.25) is 0 Å². The van der Waals surface area contributed by atoms with Gasteiger partial charge in [0.1, 0.15) is 11.3 Å². The first-order valence-electron chi connectivity index (χ1n) is 9.72. The molecule has 2 aromatic heterocycles. The van der Waals surface area contributed by atoms with Gasteiger partial charge in [0, 0.05) is 28.9 Å². The van der Waals surface area contributed by atoms with Crippen molar-refractivity contribution in [3.8, 4) is 5.75 Å². The van der Waals surface area contributed by atoms with Crippen molar-refractivity contribution in [1.29, 1.82) is 0 Å². The van der Waals surface area contributed by atoms with Crippen molar-refractivity contribution < 1.29 is 13.9 Å². The minimum Gasteiger partial charge on any atom is -0.497 e. The number of ether oxygens (including phenoxy) is 1. The SMILES string of the molecule is COc1ccc2c(CC(=O)Nc3nc(CN4CCCCCC4)cs3)coc2c1. The number of rotatable bonds is 6. The molecule has 148 valence electrons. The van der Waals surface area contributed by atoms with Crippen LogP contribution in [0.4, 0.5) is 5.13 Å². The molecule has 0 radical (unpaired) electrons. The van der Waals surface area contributed by atoms with Crippen molar-refractivity contribution in [3.63, 3.8) is 0 Å². The Balaban J connectivity index is 1.36. The second kappa shape index (κ2) is 8.75. The van der Waals surface area contributed by atoms with E-state index in [4.69, 9.17) is 9.15 Å². The maximum atomic E-state index is 12.5. The Morgan fingerprint density at radius 2 is 2.11 bits per heavy atom. The van der Waals surface area contributed by atoms with E-state index in [1.807, 2.05) is 23.6 Å². The number of likely N-dealkylation sites (tertiary alicyclic amines) is 1. The van der Waals surface area contributed by atoms with Gasteiger partial charge in [-0.25, -0.2) is 4.98 Å². The maximum absolute atomic E-state index is 12.5. The van der Waals surface area contributed by atoms with Gasteiger partial charge in [-0.05, 0) is 38.1 Å². The van der Waals surface area contributed by atoms with Crippen molar-refractivity contribution in [2.24, 2.45) is 0 Å². The lowest BCUT2D eigenvalue weighted by atomic mass is 10.1. The number of benzene rings is 1. The summed E-state index contributed by atoms with van der Waals surface area (Å²) in [7, 11) is 1.62. The predicted molar refractivity (Wildman–Crippen MR) is 111 cm³/mol. The van der Waals surface area contributed by atoms with Crippen LogP contribution in [0.3, 0.4) is 0 Å². The number of nitrogens with one attached hydrogen (secondary N) is 1. The Bertz CT molecular complexity index is 941. The standard InChI is InChI=1S/C21H25N3O3S/c1-26-17-6-7-18-15(13-27-19(18)11-17)10-20(25)23-21-22-16(14-28-21)12-24-8-4-2-3-5-9-24/h6-7,11,13-14H,2-5,8-10,12H2,1H3,(H,22,23,25). The van der Waals surface area contributed by atoms with Crippen LogP contribution in [0.5, 0.6) is 5.75 Å². The molecular formula is C21H25N3O3S. The van der Waals surface area contributed by atoms with Gasteiger partial charge in [0.25, 0.3) is 0 Å². The normalized spacial score (nSPS) is 15.5. The van der Waals surface area contributed by atoms with E-state index in [9.17, 15) is 4.79 Å². The molecular weight excluding hydrogens is 374 g/mol. The van der Waals surface area contributed by atoms with Crippen LogP contribution in [-0.4, -0.2) is 36.0 Å². The molecule has 1 saturated heterocycles. The highest BCUT2D eigenvalue weighted by Gasteiger charge is 2.14. The molecule has 1 N–H and O–H groups in total. The molecule has 4 rings (SSSR count). The lowest BCUT2D eigenvalue weighted by Gasteiger charge is -2.17. The summed E-state index contributed by atoms with van der Waals surface area (Å²) in [6, 6.07) is 5.62. The molecule has 1 fully saturated rings. The maximum Gasteiger partial charge on any atom is 0.230 e. The number of hydrogen-bond donors (Lipinski definition) is 1. The summed E-state index contributed by atoms with van der Waals surface area (Å²) in [6.45, 7) is 3.13. The van der Waals surface area contributed by atoms with Gasteiger partial charge in [-0.1, -0.05) is 12.8 Å². The number of fused-ring (bicyclic) bond motifs is 1. The Labute approximate surface area is 168 Å². The lowest BCUT2D eigenvalue weighted by molar-refractivity contribution is -0.115. The molecule has 7 heteroatoms. The van der Waals surface area contributed by atoms with Crippen LogP contribution in [0.1, 0.15) is 36.9 Å². The predicted octanol–water partition coefficient (Wildman–Crippen LogP) is 4.46. The first kappa shape index (κ1) is 19.0. The molecule has 1 aromatic carbocycles. The molecule has 3 aromatic rings. The summed E-state index contributed by atoms with van der Waals surface area (Å²) < 4.78 is 10.8. The topological polar surface area (TPSA) is 67.6 Å². The number of hydrogen-bond acceptors (Lipinski definition) is 6. The van der Waals surface area contributed by atoms with E-state index in [1.165, 1.54) is 37.0 Å². The summed E-state index contributed by atoms with van der Waals surface area (Å²) in [5, 5.41) is 6.55. The quantitative estimate of drug-likeness (QED) is 0.663. The largest absolute Gasteiger partial charge is 0.497 e. The zero-order chi connectivity index (χ0) is 19.3. The first-order valence-corrected chi connectivity index (χ1v) is 10.6. The van der Waals surface area contributed by atoms with Crippen molar-refractivity contribution in [2.75, 3.05) is 25.5 Å². The summed E-state index contributed by atoms with van der Waals surface area (Å²) >= 11 is 1.48. The minimum absolute atomic E-state index is 0.0887. The third-order valence-corrected chi connectivity index (χ3v) is 5.90. The van der Waals surface area contributed by atoms with Crippen LogP contribution in [0.25, 0.3) is 11.0 Å². The molecule has 6 nitrogen and oxygen atoms in total. The summed E-state index contributed by atoms with van der Waals surface area (Å²) in [5.74, 6) is 0.645. The van der Waals surface area contributed by atoms with E-state index in [-0.39, 0.29) is 12.3 Å². The average Bonchev–Trinajstić information content (AvgIpc) is 3.20. The van der Waals surface area contributed by atoms with Crippen LogP contribution >= 0.6 is 11.3 Å². The summed E-state index contributed by atoms with van der Waals surface area (Å²) in [5.41, 5.74) is 2.61. The first-order chi connectivity index (χ1) is 13.7. The number of amides is 1. The van der Waals surface area contributed by atoms with Gasteiger partial charge in [0.2, 0.25) is 5.91 Å². The molecule has 0 bridgehead atoms. The van der Waals surface area contributed by atoms with Crippen molar-refractivity contribution in [1.82, 2.24) is 9.88 Å². The molecule has 0 atom stereocenters. The summed E-state index contributed by atoms with van der Waals surface area (Å²) in [4.78, 5) is 19.5. The number of anilines is 1.